The molecule has 6 heteroatoms. The highest BCUT2D eigenvalue weighted by molar-refractivity contribution is 5.69. The zero-order valence-electron chi connectivity index (χ0n) is 12.2. The number of nitrogens with one attached hydrogen (secondary N) is 1. The van der Waals surface area contributed by atoms with Gasteiger partial charge in [0.05, 0.1) is 18.6 Å². The van der Waals surface area contributed by atoms with Crippen LogP contribution in [0.4, 0.5) is 4.79 Å². The number of ether oxygens (including phenoxy) is 1. The van der Waals surface area contributed by atoms with Gasteiger partial charge in [-0.05, 0) is 11.5 Å². The van der Waals surface area contributed by atoms with Gasteiger partial charge in [-0.15, -0.1) is 0 Å². The average Bonchev–Trinajstić information content (AvgIpc) is 2.42. The maximum Gasteiger partial charge on any atom is 0.407 e. The smallest absolute Gasteiger partial charge is 0.407 e. The van der Waals surface area contributed by atoms with Crippen LogP contribution in [-0.4, -0.2) is 34.4 Å². The lowest BCUT2D eigenvalue weighted by molar-refractivity contribution is -0.139. The second kappa shape index (κ2) is 8.26. The molecule has 0 fully saturated rings. The van der Waals surface area contributed by atoms with Crippen LogP contribution in [0, 0.1) is 5.92 Å². The predicted molar refractivity (Wildman–Crippen MR) is 76.6 cm³/mol. The fourth-order valence-electron chi connectivity index (χ4n) is 1.91. The first kappa shape index (κ1) is 17.0. The van der Waals surface area contributed by atoms with Crippen molar-refractivity contribution >= 4 is 12.1 Å². The van der Waals surface area contributed by atoms with E-state index in [4.69, 9.17) is 9.84 Å². The molecule has 1 amide bonds. The quantitative estimate of drug-likeness (QED) is 0.712. The van der Waals surface area contributed by atoms with Crippen molar-refractivity contribution in [1.29, 1.82) is 0 Å². The van der Waals surface area contributed by atoms with E-state index in [1.807, 2.05) is 30.3 Å². The van der Waals surface area contributed by atoms with Crippen LogP contribution in [-0.2, 0) is 16.1 Å². The van der Waals surface area contributed by atoms with E-state index in [-0.39, 0.29) is 12.5 Å². The van der Waals surface area contributed by atoms with Crippen LogP contribution in [0.2, 0.25) is 0 Å². The van der Waals surface area contributed by atoms with Gasteiger partial charge in [-0.3, -0.25) is 4.79 Å². The molecule has 1 aromatic rings. The Morgan fingerprint density at radius 1 is 1.24 bits per heavy atom. The van der Waals surface area contributed by atoms with E-state index in [2.05, 4.69) is 5.32 Å². The lowest BCUT2D eigenvalue weighted by Gasteiger charge is -2.26. The number of carbonyl (C=O) groups excluding carboxylic acids is 1. The van der Waals surface area contributed by atoms with Gasteiger partial charge in [-0.25, -0.2) is 4.79 Å². The third kappa shape index (κ3) is 6.27. The number of benzene rings is 1. The molecule has 0 heterocycles. The topological polar surface area (TPSA) is 95.9 Å². The second-order valence-corrected chi connectivity index (χ2v) is 5.14. The van der Waals surface area contributed by atoms with E-state index in [9.17, 15) is 14.7 Å². The minimum Gasteiger partial charge on any atom is -0.481 e. The highest BCUT2D eigenvalue weighted by atomic mass is 16.5. The van der Waals surface area contributed by atoms with Crippen molar-refractivity contribution in [2.45, 2.75) is 39.0 Å². The highest BCUT2D eigenvalue weighted by Gasteiger charge is 2.26. The van der Waals surface area contributed by atoms with Crippen LogP contribution in [0.5, 0.6) is 0 Å². The summed E-state index contributed by atoms with van der Waals surface area (Å²) in [4.78, 5) is 22.4. The van der Waals surface area contributed by atoms with E-state index >= 15 is 0 Å². The second-order valence-electron chi connectivity index (χ2n) is 5.14. The molecule has 0 saturated heterocycles. The molecule has 6 nitrogen and oxygen atoms in total. The van der Waals surface area contributed by atoms with Crippen molar-refractivity contribution in [3.8, 4) is 0 Å². The zero-order chi connectivity index (χ0) is 15.8. The third-order valence-electron chi connectivity index (χ3n) is 3.01. The van der Waals surface area contributed by atoms with E-state index in [0.717, 1.165) is 5.56 Å². The number of hydrogen-bond donors (Lipinski definition) is 3. The maximum absolute atomic E-state index is 11.7. The molecule has 21 heavy (non-hydrogen) atoms. The molecule has 0 aliphatic carbocycles. The SMILES string of the molecule is CC(C)[C@H](NC(=O)OCc1ccccc1)C(O)CC(=O)O. The Morgan fingerprint density at radius 3 is 2.38 bits per heavy atom. The summed E-state index contributed by atoms with van der Waals surface area (Å²) in [6.07, 6.45) is -2.27. The van der Waals surface area contributed by atoms with Gasteiger partial charge in [0.15, 0.2) is 0 Å². The number of aliphatic hydroxyl groups excluding tert-OH is 1. The first-order valence-electron chi connectivity index (χ1n) is 6.77. The van der Waals surface area contributed by atoms with Crippen molar-refractivity contribution < 1.29 is 24.5 Å². The molecule has 0 bridgehead atoms. The molecular weight excluding hydrogens is 274 g/mol. The van der Waals surface area contributed by atoms with E-state index in [1.165, 1.54) is 0 Å². The highest BCUT2D eigenvalue weighted by Crippen LogP contribution is 2.10. The number of carbonyl (C=O) groups is 2. The van der Waals surface area contributed by atoms with Gasteiger partial charge in [-0.2, -0.15) is 0 Å². The van der Waals surface area contributed by atoms with Crippen molar-refractivity contribution in [2.75, 3.05) is 0 Å². The summed E-state index contributed by atoms with van der Waals surface area (Å²) in [5, 5.41) is 21.0. The number of alkyl carbamates (subject to hydrolysis) is 1. The number of amides is 1. The molecule has 0 aliphatic heterocycles. The standard InChI is InChI=1S/C15H21NO5/c1-10(2)14(12(17)8-13(18)19)16-15(20)21-9-11-6-4-3-5-7-11/h3-7,10,12,14,17H,8-9H2,1-2H3,(H,16,20)(H,18,19)/t12?,14-/m0/s1. The normalized spacial score (nSPS) is 13.5. The zero-order valence-corrected chi connectivity index (χ0v) is 12.2. The summed E-state index contributed by atoms with van der Waals surface area (Å²) in [7, 11) is 0. The minimum atomic E-state index is -1.16. The van der Waals surface area contributed by atoms with Crippen LogP contribution in [0.1, 0.15) is 25.8 Å². The van der Waals surface area contributed by atoms with E-state index in [1.54, 1.807) is 13.8 Å². The summed E-state index contributed by atoms with van der Waals surface area (Å²) in [6.45, 7) is 3.69. The number of aliphatic carboxylic acids is 1. The van der Waals surface area contributed by atoms with Gasteiger partial charge < -0.3 is 20.3 Å². The summed E-state index contributed by atoms with van der Waals surface area (Å²) < 4.78 is 5.06. The van der Waals surface area contributed by atoms with Gasteiger partial charge in [0.1, 0.15) is 6.61 Å². The molecule has 1 aromatic carbocycles. The minimum absolute atomic E-state index is 0.118. The molecule has 3 N–H and O–H groups in total. The van der Waals surface area contributed by atoms with Gasteiger partial charge >= 0.3 is 12.1 Å². The van der Waals surface area contributed by atoms with Crippen molar-refractivity contribution in [3.63, 3.8) is 0 Å². The largest absolute Gasteiger partial charge is 0.481 e. The van der Waals surface area contributed by atoms with Crippen LogP contribution in [0.3, 0.4) is 0 Å². The summed E-state index contributed by atoms with van der Waals surface area (Å²) in [6, 6.07) is 8.51. The van der Waals surface area contributed by atoms with Crippen LogP contribution < -0.4 is 5.32 Å². The molecule has 0 radical (unpaired) electrons. The van der Waals surface area contributed by atoms with Crippen LogP contribution >= 0.6 is 0 Å². The lowest BCUT2D eigenvalue weighted by atomic mass is 9.96. The summed E-state index contributed by atoms with van der Waals surface area (Å²) in [5.41, 5.74) is 0.847. The van der Waals surface area contributed by atoms with Gasteiger partial charge in [0.25, 0.3) is 0 Å². The first-order chi connectivity index (χ1) is 9.90. The molecule has 0 aromatic heterocycles. The third-order valence-corrected chi connectivity index (χ3v) is 3.01. The molecule has 1 rings (SSSR count). The Balaban J connectivity index is 2.50. The van der Waals surface area contributed by atoms with Crippen molar-refractivity contribution in [3.05, 3.63) is 35.9 Å². The Hall–Kier alpha value is -2.08. The molecule has 0 aliphatic rings. The maximum atomic E-state index is 11.7. The van der Waals surface area contributed by atoms with Crippen molar-refractivity contribution in [1.82, 2.24) is 5.32 Å². The number of hydrogen-bond acceptors (Lipinski definition) is 4. The van der Waals surface area contributed by atoms with Gasteiger partial charge in [0.2, 0.25) is 0 Å². The van der Waals surface area contributed by atoms with Crippen molar-refractivity contribution in [2.24, 2.45) is 5.92 Å². The average molecular weight is 295 g/mol. The molecular formula is C15H21NO5. The molecule has 116 valence electrons. The molecule has 1 unspecified atom stereocenters. The van der Waals surface area contributed by atoms with Crippen LogP contribution in [0.25, 0.3) is 0 Å². The first-order valence-corrected chi connectivity index (χ1v) is 6.77. The predicted octanol–water partition coefficient (Wildman–Crippen LogP) is 1.77. The Labute approximate surface area is 123 Å². The van der Waals surface area contributed by atoms with Crippen LogP contribution in [0.15, 0.2) is 30.3 Å². The number of carboxylic acid groups (broad SMARTS) is 1. The number of rotatable bonds is 7. The fourth-order valence-corrected chi connectivity index (χ4v) is 1.91. The number of aliphatic hydroxyl groups is 1. The van der Waals surface area contributed by atoms with Gasteiger partial charge in [-0.1, -0.05) is 44.2 Å². The molecule has 2 atom stereocenters. The Bertz CT molecular complexity index is 460. The molecule has 0 spiro atoms. The molecule has 0 saturated carbocycles. The Morgan fingerprint density at radius 2 is 1.86 bits per heavy atom. The Kier molecular flexibility index (Phi) is 6.68. The van der Waals surface area contributed by atoms with E-state index in [0.29, 0.717) is 0 Å². The summed E-state index contributed by atoms with van der Waals surface area (Å²) >= 11 is 0. The van der Waals surface area contributed by atoms with Gasteiger partial charge in [0, 0.05) is 0 Å². The number of carboxylic acids is 1. The van der Waals surface area contributed by atoms with E-state index < -0.39 is 30.6 Å². The summed E-state index contributed by atoms with van der Waals surface area (Å²) in [5.74, 6) is -1.24. The fraction of sp³-hybridized carbons (Fsp3) is 0.467. The monoisotopic (exact) mass is 295 g/mol. The lowest BCUT2D eigenvalue weighted by Crippen LogP contribution is -2.47.